The first-order chi connectivity index (χ1) is 8.88. The molecule has 2 rings (SSSR count). The second kappa shape index (κ2) is 5.25. The van der Waals surface area contributed by atoms with Gasteiger partial charge in [-0.25, -0.2) is 0 Å². The normalized spacial score (nSPS) is 12.5. The van der Waals surface area contributed by atoms with Gasteiger partial charge in [0.15, 0.2) is 0 Å². The fraction of sp³-hybridized carbons (Fsp3) is 0.400. The van der Waals surface area contributed by atoms with Crippen molar-refractivity contribution >= 4 is 17.3 Å². The predicted molar refractivity (Wildman–Crippen MR) is 80.9 cm³/mol. The van der Waals surface area contributed by atoms with E-state index in [0.29, 0.717) is 0 Å². The van der Waals surface area contributed by atoms with Crippen LogP contribution < -0.4 is 5.32 Å². The summed E-state index contributed by atoms with van der Waals surface area (Å²) in [6.07, 6.45) is 0. The van der Waals surface area contributed by atoms with E-state index in [1.807, 2.05) is 25.6 Å². The van der Waals surface area contributed by atoms with E-state index in [9.17, 15) is 0 Å². The molecule has 1 aromatic heterocycles. The molecule has 1 aromatic carbocycles. The molecular formula is C15H20ClN3. The van der Waals surface area contributed by atoms with Gasteiger partial charge in [-0.3, -0.25) is 4.68 Å². The Bertz CT molecular complexity index is 559. The van der Waals surface area contributed by atoms with Crippen molar-refractivity contribution in [2.24, 2.45) is 7.05 Å². The molecule has 3 nitrogen and oxygen atoms in total. The summed E-state index contributed by atoms with van der Waals surface area (Å²) in [4.78, 5) is 0. The summed E-state index contributed by atoms with van der Waals surface area (Å²) in [7, 11) is 1.96. The van der Waals surface area contributed by atoms with Gasteiger partial charge < -0.3 is 5.32 Å². The lowest BCUT2D eigenvalue weighted by Gasteiger charge is -2.15. The molecule has 0 unspecified atom stereocenters. The number of anilines is 1. The van der Waals surface area contributed by atoms with Gasteiger partial charge in [0.2, 0.25) is 0 Å². The number of benzene rings is 1. The van der Waals surface area contributed by atoms with Crippen molar-refractivity contribution in [3.05, 3.63) is 45.7 Å². The van der Waals surface area contributed by atoms with Crippen LogP contribution in [0.3, 0.4) is 0 Å². The molecule has 0 amide bonds. The SMILES string of the molecule is Cc1cc(N[C@@H](C)c2cc(C)n(C)n2)cc(C)c1Cl. The maximum atomic E-state index is 6.18. The fourth-order valence-corrected chi connectivity index (χ4v) is 2.26. The molecule has 19 heavy (non-hydrogen) atoms. The Kier molecular flexibility index (Phi) is 3.85. The van der Waals surface area contributed by atoms with Gasteiger partial charge in [0, 0.05) is 23.5 Å². The molecule has 1 heterocycles. The van der Waals surface area contributed by atoms with E-state index in [1.165, 1.54) is 0 Å². The zero-order valence-corrected chi connectivity index (χ0v) is 12.8. The van der Waals surface area contributed by atoms with Crippen molar-refractivity contribution < 1.29 is 0 Å². The summed E-state index contributed by atoms with van der Waals surface area (Å²) in [5, 5.41) is 8.81. The van der Waals surface area contributed by atoms with Gasteiger partial charge in [-0.05, 0) is 57.0 Å². The lowest BCUT2D eigenvalue weighted by Crippen LogP contribution is -2.08. The van der Waals surface area contributed by atoms with Crippen LogP contribution in [0.15, 0.2) is 18.2 Å². The molecule has 102 valence electrons. The average molecular weight is 278 g/mol. The number of rotatable bonds is 3. The van der Waals surface area contributed by atoms with Crippen molar-refractivity contribution in [1.82, 2.24) is 9.78 Å². The van der Waals surface area contributed by atoms with E-state index in [2.05, 4.69) is 42.5 Å². The van der Waals surface area contributed by atoms with Crippen LogP contribution in [0.1, 0.15) is 35.5 Å². The van der Waals surface area contributed by atoms with Crippen LogP contribution in [0.5, 0.6) is 0 Å². The number of hydrogen-bond donors (Lipinski definition) is 1. The number of nitrogens with one attached hydrogen (secondary N) is 1. The van der Waals surface area contributed by atoms with E-state index in [4.69, 9.17) is 11.6 Å². The van der Waals surface area contributed by atoms with Gasteiger partial charge >= 0.3 is 0 Å². The Morgan fingerprint density at radius 2 is 1.74 bits per heavy atom. The minimum Gasteiger partial charge on any atom is -0.377 e. The first-order valence-corrected chi connectivity index (χ1v) is 6.80. The molecule has 0 saturated carbocycles. The Hall–Kier alpha value is -1.48. The summed E-state index contributed by atoms with van der Waals surface area (Å²) in [5.41, 5.74) is 5.47. The van der Waals surface area contributed by atoms with Crippen LogP contribution in [-0.4, -0.2) is 9.78 Å². The summed E-state index contributed by atoms with van der Waals surface area (Å²) in [6.45, 7) is 8.22. The van der Waals surface area contributed by atoms with Crippen LogP contribution in [0, 0.1) is 20.8 Å². The van der Waals surface area contributed by atoms with Gasteiger partial charge in [-0.1, -0.05) is 11.6 Å². The topological polar surface area (TPSA) is 29.9 Å². The Labute approximate surface area is 119 Å². The zero-order valence-electron chi connectivity index (χ0n) is 12.1. The first kappa shape index (κ1) is 13.9. The number of aryl methyl sites for hydroxylation is 4. The molecule has 0 aliphatic carbocycles. The highest BCUT2D eigenvalue weighted by molar-refractivity contribution is 6.32. The van der Waals surface area contributed by atoms with Gasteiger partial charge in [0.05, 0.1) is 11.7 Å². The van der Waals surface area contributed by atoms with Crippen molar-refractivity contribution in [3.63, 3.8) is 0 Å². The number of nitrogens with zero attached hydrogens (tertiary/aromatic N) is 2. The lowest BCUT2D eigenvalue weighted by atomic mass is 10.1. The van der Waals surface area contributed by atoms with Gasteiger partial charge in [0.1, 0.15) is 0 Å². The zero-order chi connectivity index (χ0) is 14.2. The average Bonchev–Trinajstić information content (AvgIpc) is 2.66. The van der Waals surface area contributed by atoms with Crippen LogP contribution in [0.4, 0.5) is 5.69 Å². The third-order valence-corrected chi connectivity index (χ3v) is 3.99. The van der Waals surface area contributed by atoms with Crippen molar-refractivity contribution in [2.45, 2.75) is 33.7 Å². The summed E-state index contributed by atoms with van der Waals surface area (Å²) in [6, 6.07) is 6.41. The largest absolute Gasteiger partial charge is 0.377 e. The Morgan fingerprint density at radius 3 is 2.21 bits per heavy atom. The molecule has 0 bridgehead atoms. The second-order valence-electron chi connectivity index (χ2n) is 5.12. The lowest BCUT2D eigenvalue weighted by molar-refractivity contribution is 0.702. The van der Waals surface area contributed by atoms with Crippen molar-refractivity contribution in [3.8, 4) is 0 Å². The third kappa shape index (κ3) is 2.92. The molecule has 0 fully saturated rings. The van der Waals surface area contributed by atoms with Crippen LogP contribution in [0.25, 0.3) is 0 Å². The minimum atomic E-state index is 0.167. The third-order valence-electron chi connectivity index (χ3n) is 3.40. The van der Waals surface area contributed by atoms with E-state index < -0.39 is 0 Å². The molecule has 0 aliphatic heterocycles. The summed E-state index contributed by atoms with van der Waals surface area (Å²) < 4.78 is 1.89. The molecular weight excluding hydrogens is 258 g/mol. The monoisotopic (exact) mass is 277 g/mol. The van der Waals surface area contributed by atoms with E-state index in [1.54, 1.807) is 0 Å². The highest BCUT2D eigenvalue weighted by Crippen LogP contribution is 2.26. The molecule has 4 heteroatoms. The molecule has 1 N–H and O–H groups in total. The number of halogens is 1. The quantitative estimate of drug-likeness (QED) is 0.912. The highest BCUT2D eigenvalue weighted by Gasteiger charge is 2.11. The fourth-order valence-electron chi connectivity index (χ4n) is 2.15. The van der Waals surface area contributed by atoms with E-state index in [0.717, 1.165) is 33.2 Å². The molecule has 2 aromatic rings. The molecule has 0 saturated heterocycles. The van der Waals surface area contributed by atoms with Gasteiger partial charge in [0.25, 0.3) is 0 Å². The molecule has 0 radical (unpaired) electrons. The Morgan fingerprint density at radius 1 is 1.16 bits per heavy atom. The van der Waals surface area contributed by atoms with Gasteiger partial charge in [-0.15, -0.1) is 0 Å². The predicted octanol–water partition coefficient (Wildman–Crippen LogP) is 4.17. The standard InChI is InChI=1S/C15H20ClN3/c1-9-6-13(7-10(2)15(9)16)17-12(4)14-8-11(3)19(5)18-14/h6-8,12,17H,1-5H3/t12-/m0/s1. The molecule has 0 spiro atoms. The van der Waals surface area contributed by atoms with Crippen molar-refractivity contribution in [2.75, 3.05) is 5.32 Å². The van der Waals surface area contributed by atoms with E-state index >= 15 is 0 Å². The van der Waals surface area contributed by atoms with E-state index in [-0.39, 0.29) is 6.04 Å². The summed E-state index contributed by atoms with van der Waals surface area (Å²) in [5.74, 6) is 0. The minimum absolute atomic E-state index is 0.167. The van der Waals surface area contributed by atoms with Crippen LogP contribution in [-0.2, 0) is 7.05 Å². The summed E-state index contributed by atoms with van der Waals surface area (Å²) >= 11 is 6.18. The van der Waals surface area contributed by atoms with Crippen molar-refractivity contribution in [1.29, 1.82) is 0 Å². The molecule has 1 atom stereocenters. The van der Waals surface area contributed by atoms with Crippen LogP contribution >= 0.6 is 11.6 Å². The number of hydrogen-bond acceptors (Lipinski definition) is 2. The maximum absolute atomic E-state index is 6.18. The first-order valence-electron chi connectivity index (χ1n) is 6.42. The Balaban J connectivity index is 2.21. The maximum Gasteiger partial charge on any atom is 0.0846 e. The number of aromatic nitrogens is 2. The highest BCUT2D eigenvalue weighted by atomic mass is 35.5. The molecule has 0 aliphatic rings. The van der Waals surface area contributed by atoms with Crippen LogP contribution in [0.2, 0.25) is 5.02 Å². The smallest absolute Gasteiger partial charge is 0.0846 e. The van der Waals surface area contributed by atoms with Gasteiger partial charge in [-0.2, -0.15) is 5.10 Å². The second-order valence-corrected chi connectivity index (χ2v) is 5.50.